The van der Waals surface area contributed by atoms with Gasteiger partial charge < -0.3 is 15.5 Å². The standard InChI is InChI=1S/C24H33N3O2/c1-24(2)16-11-15(20(24)12-16)14-26-9-7-17(8-10-26)27-21-6-4-3-5-18(21)19(23(27)29)13-22(25)28/h3-6,15-17,19-20H,7-14H2,1-2H3,(H2,25,28). The number of amides is 2. The van der Waals surface area contributed by atoms with Gasteiger partial charge in [0, 0.05) is 37.8 Å². The van der Waals surface area contributed by atoms with Crippen LogP contribution < -0.4 is 10.6 Å². The zero-order valence-electron chi connectivity index (χ0n) is 17.6. The van der Waals surface area contributed by atoms with Crippen molar-refractivity contribution in [3.05, 3.63) is 29.8 Å². The minimum atomic E-state index is -0.410. The van der Waals surface area contributed by atoms with Gasteiger partial charge in [0.1, 0.15) is 0 Å². The lowest BCUT2D eigenvalue weighted by molar-refractivity contribution is -0.124. The molecule has 156 valence electrons. The van der Waals surface area contributed by atoms with Gasteiger partial charge in [0.25, 0.3) is 0 Å². The van der Waals surface area contributed by atoms with E-state index in [4.69, 9.17) is 5.73 Å². The number of para-hydroxylation sites is 1. The second-order valence-corrected chi connectivity index (χ2v) is 10.4. The molecule has 6 rings (SSSR count). The molecular formula is C24H33N3O2. The number of primary amides is 1. The zero-order chi connectivity index (χ0) is 20.3. The summed E-state index contributed by atoms with van der Waals surface area (Å²) >= 11 is 0. The Labute approximate surface area is 173 Å². The first-order valence-corrected chi connectivity index (χ1v) is 11.3. The van der Waals surface area contributed by atoms with Gasteiger partial charge in [-0.25, -0.2) is 0 Å². The Balaban J connectivity index is 1.24. The lowest BCUT2D eigenvalue weighted by atomic mass is 9.60. The number of hydrogen-bond donors (Lipinski definition) is 1. The molecule has 0 radical (unpaired) electrons. The lowest BCUT2D eigenvalue weighted by Gasteiger charge is -2.46. The second kappa shape index (κ2) is 6.83. The Hall–Kier alpha value is -1.88. The van der Waals surface area contributed by atoms with Crippen molar-refractivity contribution >= 4 is 17.5 Å². The summed E-state index contributed by atoms with van der Waals surface area (Å²) in [7, 11) is 0. The van der Waals surface area contributed by atoms with Crippen molar-refractivity contribution in [2.24, 2.45) is 28.9 Å². The topological polar surface area (TPSA) is 66.6 Å². The predicted octanol–water partition coefficient (Wildman–Crippen LogP) is 3.14. The third-order valence-corrected chi connectivity index (χ3v) is 8.63. The van der Waals surface area contributed by atoms with E-state index in [0.29, 0.717) is 5.41 Å². The monoisotopic (exact) mass is 395 g/mol. The van der Waals surface area contributed by atoms with E-state index in [0.717, 1.165) is 54.9 Å². The highest BCUT2D eigenvalue weighted by molar-refractivity contribution is 6.07. The van der Waals surface area contributed by atoms with Crippen molar-refractivity contribution in [2.45, 2.75) is 57.9 Å². The van der Waals surface area contributed by atoms with Crippen LogP contribution in [0, 0.1) is 23.2 Å². The van der Waals surface area contributed by atoms with Gasteiger partial charge in [0.2, 0.25) is 11.8 Å². The molecular weight excluding hydrogens is 362 g/mol. The summed E-state index contributed by atoms with van der Waals surface area (Å²) in [4.78, 5) is 29.3. The lowest BCUT2D eigenvalue weighted by Crippen LogP contribution is -2.48. The van der Waals surface area contributed by atoms with Crippen molar-refractivity contribution in [3.63, 3.8) is 0 Å². The van der Waals surface area contributed by atoms with E-state index in [1.54, 1.807) is 0 Å². The van der Waals surface area contributed by atoms with Gasteiger partial charge >= 0.3 is 0 Å². The smallest absolute Gasteiger partial charge is 0.235 e. The summed E-state index contributed by atoms with van der Waals surface area (Å²) in [5.41, 5.74) is 7.94. The maximum absolute atomic E-state index is 13.2. The number of fused-ring (bicyclic) bond motifs is 2. The highest BCUT2D eigenvalue weighted by atomic mass is 16.2. The van der Waals surface area contributed by atoms with Crippen LogP contribution in [-0.4, -0.2) is 42.4 Å². The fourth-order valence-corrected chi connectivity index (χ4v) is 6.88. The summed E-state index contributed by atoms with van der Waals surface area (Å²) in [6, 6.07) is 8.15. The van der Waals surface area contributed by atoms with Gasteiger partial charge in [-0.2, -0.15) is 0 Å². The minimum Gasteiger partial charge on any atom is -0.370 e. The number of nitrogens with zero attached hydrogens (tertiary/aromatic N) is 2. The first-order chi connectivity index (χ1) is 13.9. The predicted molar refractivity (Wildman–Crippen MR) is 113 cm³/mol. The number of carbonyl (C=O) groups is 2. The Kier molecular flexibility index (Phi) is 4.50. The molecule has 4 atom stereocenters. The van der Waals surface area contributed by atoms with Crippen LogP contribution in [0.4, 0.5) is 5.69 Å². The van der Waals surface area contributed by atoms with Crippen LogP contribution >= 0.6 is 0 Å². The largest absolute Gasteiger partial charge is 0.370 e. The highest BCUT2D eigenvalue weighted by Gasteiger charge is 2.58. The van der Waals surface area contributed by atoms with E-state index in [-0.39, 0.29) is 18.4 Å². The summed E-state index contributed by atoms with van der Waals surface area (Å²) in [5, 5.41) is 0. The fourth-order valence-electron chi connectivity index (χ4n) is 6.88. The van der Waals surface area contributed by atoms with Crippen molar-refractivity contribution in [1.29, 1.82) is 0 Å². The molecule has 29 heavy (non-hydrogen) atoms. The van der Waals surface area contributed by atoms with Crippen LogP contribution in [0.15, 0.2) is 24.3 Å². The molecule has 5 heteroatoms. The van der Waals surface area contributed by atoms with E-state index < -0.39 is 11.8 Å². The van der Waals surface area contributed by atoms with E-state index in [1.165, 1.54) is 19.4 Å². The van der Waals surface area contributed by atoms with Gasteiger partial charge in [-0.05, 0) is 60.5 Å². The molecule has 4 unspecified atom stereocenters. The molecule has 2 aliphatic heterocycles. The summed E-state index contributed by atoms with van der Waals surface area (Å²) in [6.45, 7) is 8.26. The Morgan fingerprint density at radius 2 is 1.90 bits per heavy atom. The average molecular weight is 396 g/mol. The number of nitrogens with two attached hydrogens (primary N) is 1. The molecule has 2 heterocycles. The van der Waals surface area contributed by atoms with Gasteiger partial charge in [-0.3, -0.25) is 9.59 Å². The van der Waals surface area contributed by atoms with Crippen LogP contribution in [0.1, 0.15) is 57.4 Å². The summed E-state index contributed by atoms with van der Waals surface area (Å²) in [6.07, 6.45) is 4.96. The van der Waals surface area contributed by atoms with Gasteiger partial charge in [0.05, 0.1) is 5.92 Å². The van der Waals surface area contributed by atoms with Crippen LogP contribution in [-0.2, 0) is 9.59 Å². The van der Waals surface area contributed by atoms with Gasteiger partial charge in [-0.15, -0.1) is 0 Å². The van der Waals surface area contributed by atoms with Gasteiger partial charge in [0.15, 0.2) is 0 Å². The first-order valence-electron chi connectivity index (χ1n) is 11.3. The quantitative estimate of drug-likeness (QED) is 0.833. The molecule has 1 aromatic rings. The molecule has 2 amide bonds. The number of anilines is 1. The molecule has 3 aliphatic carbocycles. The van der Waals surface area contributed by atoms with Crippen molar-refractivity contribution in [1.82, 2.24) is 4.90 Å². The third-order valence-electron chi connectivity index (χ3n) is 8.63. The SMILES string of the molecule is CC1(C)C2CC(CN3CCC(N4C(=O)C(CC(N)=O)c5ccccc54)CC3)C1C2. The minimum absolute atomic E-state index is 0.0572. The molecule has 2 N–H and O–H groups in total. The molecule has 2 bridgehead atoms. The molecule has 4 fully saturated rings. The average Bonchev–Trinajstić information content (AvgIpc) is 3.32. The molecule has 5 aliphatic rings. The summed E-state index contributed by atoms with van der Waals surface area (Å²) in [5.74, 6) is 1.95. The van der Waals surface area contributed by atoms with Crippen LogP contribution in [0.5, 0.6) is 0 Å². The number of likely N-dealkylation sites (tertiary alicyclic amines) is 1. The molecule has 1 saturated heterocycles. The number of benzene rings is 1. The van der Waals surface area contributed by atoms with E-state index in [2.05, 4.69) is 18.7 Å². The van der Waals surface area contributed by atoms with Crippen molar-refractivity contribution < 1.29 is 9.59 Å². The number of rotatable bonds is 5. The van der Waals surface area contributed by atoms with Crippen LogP contribution in [0.25, 0.3) is 0 Å². The zero-order valence-corrected chi connectivity index (χ0v) is 17.6. The number of carbonyl (C=O) groups excluding carboxylic acids is 2. The normalized spacial score (nSPS) is 33.6. The first kappa shape index (κ1) is 19.1. The molecule has 5 nitrogen and oxygen atoms in total. The number of hydrogen-bond acceptors (Lipinski definition) is 3. The molecule has 0 aromatic heterocycles. The third kappa shape index (κ3) is 3.00. The van der Waals surface area contributed by atoms with E-state index in [1.807, 2.05) is 29.2 Å². The Bertz CT molecular complexity index is 827. The van der Waals surface area contributed by atoms with E-state index >= 15 is 0 Å². The van der Waals surface area contributed by atoms with Gasteiger partial charge in [-0.1, -0.05) is 32.0 Å². The van der Waals surface area contributed by atoms with Crippen LogP contribution in [0.3, 0.4) is 0 Å². The molecule has 3 saturated carbocycles. The summed E-state index contributed by atoms with van der Waals surface area (Å²) < 4.78 is 0. The fraction of sp³-hybridized carbons (Fsp3) is 0.667. The second-order valence-electron chi connectivity index (χ2n) is 10.4. The van der Waals surface area contributed by atoms with E-state index in [9.17, 15) is 9.59 Å². The van der Waals surface area contributed by atoms with Crippen molar-refractivity contribution in [2.75, 3.05) is 24.5 Å². The van der Waals surface area contributed by atoms with Crippen molar-refractivity contribution in [3.8, 4) is 0 Å². The molecule has 1 aromatic carbocycles. The maximum Gasteiger partial charge on any atom is 0.235 e. The molecule has 0 spiro atoms. The highest BCUT2D eigenvalue weighted by Crippen LogP contribution is 2.64. The Morgan fingerprint density at radius 1 is 1.17 bits per heavy atom. The maximum atomic E-state index is 13.2. The Morgan fingerprint density at radius 3 is 2.52 bits per heavy atom. The van der Waals surface area contributed by atoms with Crippen LogP contribution in [0.2, 0.25) is 0 Å². The number of piperidine rings is 1.